The Hall–Kier alpha value is -3.01. The molecule has 0 bridgehead atoms. The fraction of sp³-hybridized carbons (Fsp3) is 0. The van der Waals surface area contributed by atoms with Crippen molar-refractivity contribution in [1.82, 2.24) is 9.97 Å². The first-order valence-corrected chi connectivity index (χ1v) is 6.63. The molecule has 0 spiro atoms. The predicted octanol–water partition coefficient (Wildman–Crippen LogP) is 2.94. The normalized spacial score (nSPS) is 12.1. The van der Waals surface area contributed by atoms with Crippen LogP contribution in [-0.4, -0.2) is 15.8 Å². The minimum atomic E-state index is -0.0422. The Bertz CT molecular complexity index is 872. The molecule has 21 heavy (non-hydrogen) atoms. The third-order valence-corrected chi connectivity index (χ3v) is 3.63. The topological polar surface area (TPSA) is 68.9 Å². The molecule has 0 aliphatic heterocycles. The molecular weight excluding hydrogens is 262 g/mol. The summed E-state index contributed by atoms with van der Waals surface area (Å²) in [6, 6.07) is 17.0. The zero-order valence-corrected chi connectivity index (χ0v) is 11.1. The van der Waals surface area contributed by atoms with Crippen molar-refractivity contribution in [2.75, 3.05) is 5.73 Å². The number of anilines is 1. The molecule has 4 nitrogen and oxygen atoms in total. The van der Waals surface area contributed by atoms with Crippen LogP contribution in [0.2, 0.25) is 0 Å². The van der Waals surface area contributed by atoms with Crippen molar-refractivity contribution in [1.29, 1.82) is 0 Å². The molecule has 1 aliphatic rings. The maximum absolute atomic E-state index is 12.7. The highest BCUT2D eigenvalue weighted by Crippen LogP contribution is 2.39. The quantitative estimate of drug-likeness (QED) is 0.579. The third kappa shape index (κ3) is 1.66. The van der Waals surface area contributed by atoms with Crippen molar-refractivity contribution >= 4 is 11.7 Å². The van der Waals surface area contributed by atoms with Crippen LogP contribution in [0, 0.1) is 0 Å². The summed E-state index contributed by atoms with van der Waals surface area (Å²) < 4.78 is 0. The van der Waals surface area contributed by atoms with Gasteiger partial charge in [-0.1, -0.05) is 54.6 Å². The van der Waals surface area contributed by atoms with E-state index in [1.165, 1.54) is 0 Å². The Kier molecular flexibility index (Phi) is 2.38. The Labute approximate surface area is 121 Å². The molecule has 0 atom stereocenters. The van der Waals surface area contributed by atoms with E-state index in [0.717, 1.165) is 11.1 Å². The maximum Gasteiger partial charge on any atom is 0.221 e. The molecule has 3 aromatic rings. The molecule has 4 heteroatoms. The number of benzene rings is 2. The highest BCUT2D eigenvalue weighted by Gasteiger charge is 2.32. The summed E-state index contributed by atoms with van der Waals surface area (Å²) in [5.74, 6) is 0.136. The average Bonchev–Trinajstić information content (AvgIpc) is 2.81. The molecule has 1 aliphatic carbocycles. The number of nitrogens with zero attached hydrogens (tertiary/aromatic N) is 2. The molecule has 0 saturated heterocycles. The van der Waals surface area contributed by atoms with Crippen molar-refractivity contribution in [3.8, 4) is 22.5 Å². The molecular formula is C17H11N3O. The highest BCUT2D eigenvalue weighted by molar-refractivity contribution is 6.23. The van der Waals surface area contributed by atoms with Gasteiger partial charge in [-0.05, 0) is 0 Å². The number of hydrogen-bond acceptors (Lipinski definition) is 4. The van der Waals surface area contributed by atoms with Gasteiger partial charge in [0.2, 0.25) is 5.95 Å². The van der Waals surface area contributed by atoms with E-state index in [0.29, 0.717) is 22.5 Å². The van der Waals surface area contributed by atoms with Crippen LogP contribution >= 0.6 is 0 Å². The second-order valence-electron chi connectivity index (χ2n) is 4.89. The van der Waals surface area contributed by atoms with E-state index < -0.39 is 0 Å². The number of carbonyl (C=O) groups excluding carboxylic acids is 1. The zero-order valence-electron chi connectivity index (χ0n) is 11.1. The summed E-state index contributed by atoms with van der Waals surface area (Å²) in [6.45, 7) is 0. The van der Waals surface area contributed by atoms with Crippen molar-refractivity contribution < 1.29 is 4.79 Å². The Morgan fingerprint density at radius 2 is 1.38 bits per heavy atom. The van der Waals surface area contributed by atoms with E-state index in [1.807, 2.05) is 54.6 Å². The number of nitrogen functional groups attached to an aromatic ring is 1. The molecule has 2 aromatic carbocycles. The van der Waals surface area contributed by atoms with Crippen molar-refractivity contribution in [3.05, 3.63) is 65.7 Å². The molecule has 0 fully saturated rings. The Morgan fingerprint density at radius 3 is 2.14 bits per heavy atom. The van der Waals surface area contributed by atoms with Gasteiger partial charge in [0.25, 0.3) is 0 Å². The fourth-order valence-corrected chi connectivity index (χ4v) is 2.72. The Balaban J connectivity index is 2.06. The first-order chi connectivity index (χ1) is 10.3. The van der Waals surface area contributed by atoms with Crippen molar-refractivity contribution in [3.63, 3.8) is 0 Å². The first kappa shape index (κ1) is 11.8. The van der Waals surface area contributed by atoms with Gasteiger partial charge in [-0.25, -0.2) is 9.97 Å². The monoisotopic (exact) mass is 273 g/mol. The number of fused-ring (bicyclic) bond motifs is 3. The summed E-state index contributed by atoms with van der Waals surface area (Å²) in [5.41, 5.74) is 9.94. The molecule has 100 valence electrons. The van der Waals surface area contributed by atoms with E-state index in [9.17, 15) is 4.79 Å². The van der Waals surface area contributed by atoms with Crippen molar-refractivity contribution in [2.24, 2.45) is 0 Å². The summed E-state index contributed by atoms with van der Waals surface area (Å²) in [6.07, 6.45) is 0. The smallest absolute Gasteiger partial charge is 0.221 e. The van der Waals surface area contributed by atoms with Gasteiger partial charge in [0.15, 0.2) is 5.78 Å². The predicted molar refractivity (Wildman–Crippen MR) is 80.7 cm³/mol. The minimum absolute atomic E-state index is 0.0422. The lowest BCUT2D eigenvalue weighted by molar-refractivity contribution is 0.104. The average molecular weight is 273 g/mol. The van der Waals surface area contributed by atoms with Crippen LogP contribution in [0.1, 0.15) is 15.9 Å². The van der Waals surface area contributed by atoms with Crippen LogP contribution in [0.5, 0.6) is 0 Å². The van der Waals surface area contributed by atoms with Gasteiger partial charge in [-0.15, -0.1) is 0 Å². The Morgan fingerprint density at radius 1 is 0.762 bits per heavy atom. The number of nitrogens with two attached hydrogens (primary N) is 1. The molecule has 0 saturated carbocycles. The molecule has 2 N–H and O–H groups in total. The van der Waals surface area contributed by atoms with E-state index in [2.05, 4.69) is 9.97 Å². The van der Waals surface area contributed by atoms with E-state index in [-0.39, 0.29) is 11.7 Å². The highest BCUT2D eigenvalue weighted by atomic mass is 16.1. The molecule has 1 aromatic heterocycles. The summed E-state index contributed by atoms with van der Waals surface area (Å²) in [4.78, 5) is 21.2. The van der Waals surface area contributed by atoms with Crippen LogP contribution in [-0.2, 0) is 0 Å². The van der Waals surface area contributed by atoms with E-state index in [4.69, 9.17) is 5.73 Å². The van der Waals surface area contributed by atoms with Crippen LogP contribution in [0.3, 0.4) is 0 Å². The largest absolute Gasteiger partial charge is 0.368 e. The number of ketones is 1. The second kappa shape index (κ2) is 4.24. The van der Waals surface area contributed by atoms with Gasteiger partial charge in [0, 0.05) is 16.7 Å². The molecule has 4 rings (SSSR count). The molecule has 1 heterocycles. The SMILES string of the molecule is Nc1nc(-c2ccccc2)c2c(n1)-c1ccccc1C2=O. The van der Waals surface area contributed by atoms with Gasteiger partial charge in [0.1, 0.15) is 0 Å². The first-order valence-electron chi connectivity index (χ1n) is 6.63. The molecule has 0 radical (unpaired) electrons. The second-order valence-corrected chi connectivity index (χ2v) is 4.89. The van der Waals surface area contributed by atoms with Gasteiger partial charge < -0.3 is 5.73 Å². The minimum Gasteiger partial charge on any atom is -0.368 e. The summed E-state index contributed by atoms with van der Waals surface area (Å²) >= 11 is 0. The lowest BCUT2D eigenvalue weighted by Crippen LogP contribution is -2.05. The number of carbonyl (C=O) groups is 1. The summed E-state index contributed by atoms with van der Waals surface area (Å²) in [7, 11) is 0. The summed E-state index contributed by atoms with van der Waals surface area (Å²) in [5, 5.41) is 0. The lowest BCUT2D eigenvalue weighted by Gasteiger charge is -2.07. The number of rotatable bonds is 1. The van der Waals surface area contributed by atoms with E-state index >= 15 is 0 Å². The standard InChI is InChI=1S/C17H11N3O/c18-17-19-14(10-6-2-1-3-7-10)13-15(20-17)11-8-4-5-9-12(11)16(13)21/h1-9H,(H2,18,19,20). The maximum atomic E-state index is 12.7. The number of aromatic nitrogens is 2. The fourth-order valence-electron chi connectivity index (χ4n) is 2.72. The lowest BCUT2D eigenvalue weighted by atomic mass is 10.0. The van der Waals surface area contributed by atoms with Crippen LogP contribution in [0.25, 0.3) is 22.5 Å². The van der Waals surface area contributed by atoms with Gasteiger partial charge >= 0.3 is 0 Å². The van der Waals surface area contributed by atoms with Gasteiger partial charge in [-0.2, -0.15) is 0 Å². The van der Waals surface area contributed by atoms with Crippen LogP contribution in [0.4, 0.5) is 5.95 Å². The van der Waals surface area contributed by atoms with E-state index in [1.54, 1.807) is 0 Å². The molecule has 0 amide bonds. The zero-order chi connectivity index (χ0) is 14.4. The number of hydrogen-bond donors (Lipinski definition) is 1. The van der Waals surface area contributed by atoms with Crippen LogP contribution < -0.4 is 5.73 Å². The van der Waals surface area contributed by atoms with Crippen LogP contribution in [0.15, 0.2) is 54.6 Å². The molecule has 0 unspecified atom stereocenters. The van der Waals surface area contributed by atoms with Crippen molar-refractivity contribution in [2.45, 2.75) is 0 Å². The third-order valence-electron chi connectivity index (χ3n) is 3.63. The van der Waals surface area contributed by atoms with Gasteiger partial charge in [-0.3, -0.25) is 4.79 Å². The van der Waals surface area contributed by atoms with Gasteiger partial charge in [0.05, 0.1) is 17.0 Å².